The highest BCUT2D eigenvalue weighted by Crippen LogP contribution is 2.24. The topological polar surface area (TPSA) is 75.7 Å². The number of rotatable bonds is 7. The van der Waals surface area contributed by atoms with Crippen molar-refractivity contribution in [1.82, 2.24) is 4.90 Å². The zero-order valence-corrected chi connectivity index (χ0v) is 15.5. The molecule has 1 aliphatic rings. The highest BCUT2D eigenvalue weighted by molar-refractivity contribution is 6.21. The van der Waals surface area contributed by atoms with E-state index in [-0.39, 0.29) is 30.7 Å². The number of hydrogen-bond donors (Lipinski definition) is 1. The van der Waals surface area contributed by atoms with Gasteiger partial charge in [-0.3, -0.25) is 19.3 Å². The van der Waals surface area contributed by atoms with Gasteiger partial charge in [-0.2, -0.15) is 0 Å². The molecular weight excluding hydrogens is 344 g/mol. The summed E-state index contributed by atoms with van der Waals surface area (Å²) in [6, 6.07) is 12.7. The molecule has 0 atom stereocenters. The molecule has 3 amide bonds. The Hall–Kier alpha value is -2.99. The standard InChI is InChI=1S/C21H22N2O4/c1-14-8-9-17-18(11-14)21(26)23(20(17)25)10-4-7-19(24)22-16-6-3-5-15(12-16)13-27-2/h3,5-6,8-9,11-12H,4,7,10,13H2,1-2H3,(H,22,24). The summed E-state index contributed by atoms with van der Waals surface area (Å²) in [4.78, 5) is 38.2. The Kier molecular flexibility index (Phi) is 5.66. The smallest absolute Gasteiger partial charge is 0.261 e. The maximum Gasteiger partial charge on any atom is 0.261 e. The zero-order chi connectivity index (χ0) is 19.4. The van der Waals surface area contributed by atoms with E-state index >= 15 is 0 Å². The quantitative estimate of drug-likeness (QED) is 0.764. The van der Waals surface area contributed by atoms with E-state index in [1.54, 1.807) is 19.2 Å². The number of nitrogens with zero attached hydrogens (tertiary/aromatic N) is 1. The third-order valence-electron chi connectivity index (χ3n) is 4.43. The third kappa shape index (κ3) is 4.23. The van der Waals surface area contributed by atoms with Crippen molar-refractivity contribution < 1.29 is 19.1 Å². The Bertz CT molecular complexity index is 892. The van der Waals surface area contributed by atoms with Crippen molar-refractivity contribution >= 4 is 23.4 Å². The van der Waals surface area contributed by atoms with Crippen LogP contribution in [0.2, 0.25) is 0 Å². The SMILES string of the molecule is COCc1cccc(NC(=O)CCCN2C(=O)c3ccc(C)cc3C2=O)c1. The number of nitrogens with one attached hydrogen (secondary N) is 1. The highest BCUT2D eigenvalue weighted by Gasteiger charge is 2.34. The molecule has 27 heavy (non-hydrogen) atoms. The second-order valence-corrected chi connectivity index (χ2v) is 6.60. The summed E-state index contributed by atoms with van der Waals surface area (Å²) < 4.78 is 5.08. The number of carbonyl (C=O) groups excluding carboxylic acids is 3. The molecule has 6 heteroatoms. The van der Waals surface area contributed by atoms with Gasteiger partial charge in [0.05, 0.1) is 17.7 Å². The fraction of sp³-hybridized carbons (Fsp3) is 0.286. The van der Waals surface area contributed by atoms with E-state index in [4.69, 9.17) is 4.74 Å². The van der Waals surface area contributed by atoms with Crippen LogP contribution in [-0.2, 0) is 16.1 Å². The summed E-state index contributed by atoms with van der Waals surface area (Å²) >= 11 is 0. The Balaban J connectivity index is 1.53. The molecule has 0 saturated carbocycles. The molecule has 2 aromatic rings. The molecule has 0 radical (unpaired) electrons. The van der Waals surface area contributed by atoms with Crippen LogP contribution in [0.25, 0.3) is 0 Å². The van der Waals surface area contributed by atoms with E-state index in [9.17, 15) is 14.4 Å². The van der Waals surface area contributed by atoms with Gasteiger partial charge in [-0.15, -0.1) is 0 Å². The van der Waals surface area contributed by atoms with Crippen LogP contribution >= 0.6 is 0 Å². The molecule has 2 aromatic carbocycles. The van der Waals surface area contributed by atoms with Crippen LogP contribution in [0, 0.1) is 6.92 Å². The number of anilines is 1. The van der Waals surface area contributed by atoms with Gasteiger partial charge in [0.2, 0.25) is 5.91 Å². The molecule has 1 aliphatic heterocycles. The first-order valence-corrected chi connectivity index (χ1v) is 8.84. The Morgan fingerprint density at radius 1 is 1.07 bits per heavy atom. The normalized spacial score (nSPS) is 13.0. The second kappa shape index (κ2) is 8.14. The lowest BCUT2D eigenvalue weighted by Crippen LogP contribution is -2.31. The van der Waals surface area contributed by atoms with E-state index in [1.807, 2.05) is 37.3 Å². The number of carbonyl (C=O) groups is 3. The fourth-order valence-corrected chi connectivity index (χ4v) is 3.13. The lowest BCUT2D eigenvalue weighted by atomic mass is 10.1. The predicted molar refractivity (Wildman–Crippen MR) is 102 cm³/mol. The van der Waals surface area contributed by atoms with Crippen molar-refractivity contribution in [2.45, 2.75) is 26.4 Å². The Labute approximate surface area is 158 Å². The minimum Gasteiger partial charge on any atom is -0.380 e. The van der Waals surface area contributed by atoms with Crippen LogP contribution in [-0.4, -0.2) is 36.3 Å². The van der Waals surface area contributed by atoms with Gasteiger partial charge in [-0.25, -0.2) is 0 Å². The summed E-state index contributed by atoms with van der Waals surface area (Å²) in [6.07, 6.45) is 0.634. The molecule has 1 N–H and O–H groups in total. The summed E-state index contributed by atoms with van der Waals surface area (Å²) in [5.74, 6) is -0.730. The first-order valence-electron chi connectivity index (χ1n) is 8.84. The molecule has 0 aromatic heterocycles. The first-order chi connectivity index (χ1) is 13.0. The van der Waals surface area contributed by atoms with Crippen molar-refractivity contribution in [3.05, 3.63) is 64.7 Å². The van der Waals surface area contributed by atoms with Gasteiger partial charge < -0.3 is 10.1 Å². The average molecular weight is 366 g/mol. The van der Waals surface area contributed by atoms with Gasteiger partial charge in [0.1, 0.15) is 0 Å². The van der Waals surface area contributed by atoms with Gasteiger partial charge >= 0.3 is 0 Å². The van der Waals surface area contributed by atoms with Crippen molar-refractivity contribution in [2.24, 2.45) is 0 Å². The van der Waals surface area contributed by atoms with Crippen molar-refractivity contribution in [2.75, 3.05) is 19.0 Å². The molecule has 1 heterocycles. The van der Waals surface area contributed by atoms with Gasteiger partial charge in [0.25, 0.3) is 11.8 Å². The number of aryl methyl sites for hydroxylation is 1. The maximum atomic E-state index is 12.4. The van der Waals surface area contributed by atoms with Gasteiger partial charge in [0, 0.05) is 25.8 Å². The van der Waals surface area contributed by atoms with Crippen LogP contribution in [0.5, 0.6) is 0 Å². The highest BCUT2D eigenvalue weighted by atomic mass is 16.5. The maximum absolute atomic E-state index is 12.4. The van der Waals surface area contributed by atoms with E-state index in [0.717, 1.165) is 11.1 Å². The number of imide groups is 1. The lowest BCUT2D eigenvalue weighted by Gasteiger charge is -2.13. The van der Waals surface area contributed by atoms with Crippen LogP contribution in [0.4, 0.5) is 5.69 Å². The molecular formula is C21H22N2O4. The van der Waals surface area contributed by atoms with Crippen molar-refractivity contribution in [1.29, 1.82) is 0 Å². The van der Waals surface area contributed by atoms with Gasteiger partial charge in [-0.05, 0) is 43.2 Å². The third-order valence-corrected chi connectivity index (χ3v) is 4.43. The van der Waals surface area contributed by atoms with E-state index < -0.39 is 0 Å². The lowest BCUT2D eigenvalue weighted by molar-refractivity contribution is -0.116. The fourth-order valence-electron chi connectivity index (χ4n) is 3.13. The number of amides is 3. The number of ether oxygens (including phenoxy) is 1. The number of fused-ring (bicyclic) bond motifs is 1. The molecule has 3 rings (SSSR count). The van der Waals surface area contributed by atoms with Crippen LogP contribution in [0.1, 0.15) is 44.7 Å². The summed E-state index contributed by atoms with van der Waals surface area (Å²) in [7, 11) is 1.62. The largest absolute Gasteiger partial charge is 0.380 e. The van der Waals surface area contributed by atoms with Crippen LogP contribution < -0.4 is 5.32 Å². The van der Waals surface area contributed by atoms with Crippen LogP contribution in [0.15, 0.2) is 42.5 Å². The molecule has 0 bridgehead atoms. The number of benzene rings is 2. The van der Waals surface area contributed by atoms with E-state index in [0.29, 0.717) is 29.8 Å². The molecule has 6 nitrogen and oxygen atoms in total. The van der Waals surface area contributed by atoms with E-state index in [1.165, 1.54) is 4.90 Å². The molecule has 0 saturated heterocycles. The zero-order valence-electron chi connectivity index (χ0n) is 15.5. The monoisotopic (exact) mass is 366 g/mol. The average Bonchev–Trinajstić information content (AvgIpc) is 2.86. The molecule has 0 fully saturated rings. The molecule has 140 valence electrons. The summed E-state index contributed by atoms with van der Waals surface area (Å²) in [5.41, 5.74) is 3.48. The minimum absolute atomic E-state index is 0.156. The van der Waals surface area contributed by atoms with Crippen LogP contribution in [0.3, 0.4) is 0 Å². The van der Waals surface area contributed by atoms with Gasteiger partial charge in [0.15, 0.2) is 0 Å². The molecule has 0 unspecified atom stereocenters. The predicted octanol–water partition coefficient (Wildman–Crippen LogP) is 3.16. The number of methoxy groups -OCH3 is 1. The Morgan fingerprint density at radius 3 is 2.63 bits per heavy atom. The van der Waals surface area contributed by atoms with Crippen molar-refractivity contribution in [3.8, 4) is 0 Å². The molecule has 0 aliphatic carbocycles. The molecule has 0 spiro atoms. The van der Waals surface area contributed by atoms with E-state index in [2.05, 4.69) is 5.32 Å². The number of hydrogen-bond acceptors (Lipinski definition) is 4. The second-order valence-electron chi connectivity index (χ2n) is 6.60. The first kappa shape index (κ1) is 18.8. The minimum atomic E-state index is -0.289. The van der Waals surface area contributed by atoms with Gasteiger partial charge in [-0.1, -0.05) is 23.8 Å². The summed E-state index contributed by atoms with van der Waals surface area (Å²) in [5, 5.41) is 2.83. The van der Waals surface area contributed by atoms with Crippen molar-refractivity contribution in [3.63, 3.8) is 0 Å². The summed E-state index contributed by atoms with van der Waals surface area (Å²) in [6.45, 7) is 2.58. The Morgan fingerprint density at radius 2 is 1.85 bits per heavy atom.